The Morgan fingerprint density at radius 3 is 2.10 bits per heavy atom. The van der Waals surface area contributed by atoms with Gasteiger partial charge in [-0.2, -0.15) is 0 Å². The van der Waals surface area contributed by atoms with E-state index < -0.39 is 0 Å². The number of methoxy groups -OCH3 is 1. The predicted octanol–water partition coefficient (Wildman–Crippen LogP) is 4.57. The van der Waals surface area contributed by atoms with Crippen LogP contribution in [-0.2, 0) is 4.79 Å². The summed E-state index contributed by atoms with van der Waals surface area (Å²) >= 11 is 0. The zero-order valence-corrected chi connectivity index (χ0v) is 17.4. The summed E-state index contributed by atoms with van der Waals surface area (Å²) in [6.45, 7) is 3.23. The van der Waals surface area contributed by atoms with Crippen LogP contribution in [0.5, 0.6) is 5.75 Å². The number of anilines is 1. The van der Waals surface area contributed by atoms with E-state index in [0.29, 0.717) is 6.42 Å². The Balaban J connectivity index is 1.49. The number of benzene rings is 3. The van der Waals surface area contributed by atoms with E-state index in [1.165, 1.54) is 5.69 Å². The van der Waals surface area contributed by atoms with Gasteiger partial charge in [-0.05, 0) is 23.8 Å². The van der Waals surface area contributed by atoms with Gasteiger partial charge < -0.3 is 14.5 Å². The van der Waals surface area contributed by atoms with Crippen molar-refractivity contribution in [3.8, 4) is 5.75 Å². The number of rotatable bonds is 6. The van der Waals surface area contributed by atoms with Gasteiger partial charge in [-0.3, -0.25) is 4.79 Å². The molecule has 1 saturated heterocycles. The summed E-state index contributed by atoms with van der Waals surface area (Å²) in [5, 5.41) is 0. The minimum Gasteiger partial charge on any atom is -0.496 e. The van der Waals surface area contributed by atoms with Crippen LogP contribution < -0.4 is 9.64 Å². The van der Waals surface area contributed by atoms with Gasteiger partial charge in [0, 0.05) is 49.8 Å². The van der Waals surface area contributed by atoms with Gasteiger partial charge in [-0.25, -0.2) is 0 Å². The summed E-state index contributed by atoms with van der Waals surface area (Å²) in [5.41, 5.74) is 3.42. The molecule has 3 aromatic carbocycles. The van der Waals surface area contributed by atoms with E-state index in [1.54, 1.807) is 7.11 Å². The van der Waals surface area contributed by atoms with Crippen molar-refractivity contribution in [3.05, 3.63) is 96.1 Å². The standard InChI is InChI=1S/C26H28N2O2/c1-30-25-15-9-8-14-23(25)24(21-10-4-2-5-11-21)20-26(29)28-18-16-27(17-19-28)22-12-6-3-7-13-22/h2-15,24H,16-20H2,1H3/t24-/m1/s1. The van der Waals surface area contributed by atoms with E-state index in [-0.39, 0.29) is 11.8 Å². The highest BCUT2D eigenvalue weighted by molar-refractivity contribution is 5.78. The average Bonchev–Trinajstić information content (AvgIpc) is 2.83. The molecule has 4 rings (SSSR count). The third kappa shape index (κ3) is 4.48. The third-order valence-electron chi connectivity index (χ3n) is 5.85. The molecule has 1 aliphatic heterocycles. The normalized spacial score (nSPS) is 15.0. The molecule has 1 amide bonds. The molecule has 0 spiro atoms. The maximum atomic E-state index is 13.3. The highest BCUT2D eigenvalue weighted by Gasteiger charge is 2.26. The summed E-state index contributed by atoms with van der Waals surface area (Å²) in [4.78, 5) is 17.6. The molecule has 0 N–H and O–H groups in total. The van der Waals surface area contributed by atoms with Gasteiger partial charge in [0.05, 0.1) is 7.11 Å². The highest BCUT2D eigenvalue weighted by Crippen LogP contribution is 2.34. The number of carbonyl (C=O) groups excluding carboxylic acids is 1. The molecule has 154 valence electrons. The first-order valence-corrected chi connectivity index (χ1v) is 10.5. The fourth-order valence-electron chi connectivity index (χ4n) is 4.20. The van der Waals surface area contributed by atoms with E-state index in [4.69, 9.17) is 4.74 Å². The molecule has 30 heavy (non-hydrogen) atoms. The summed E-state index contributed by atoms with van der Waals surface area (Å²) in [5.74, 6) is 0.998. The molecule has 0 bridgehead atoms. The Hall–Kier alpha value is -3.27. The molecule has 1 fully saturated rings. The lowest BCUT2D eigenvalue weighted by Gasteiger charge is -2.36. The number of carbonyl (C=O) groups is 1. The van der Waals surface area contributed by atoms with Crippen LogP contribution >= 0.6 is 0 Å². The lowest BCUT2D eigenvalue weighted by Crippen LogP contribution is -2.49. The number of hydrogen-bond donors (Lipinski definition) is 0. The van der Waals surface area contributed by atoms with E-state index >= 15 is 0 Å². The van der Waals surface area contributed by atoms with Crippen molar-refractivity contribution in [3.63, 3.8) is 0 Å². The number of ether oxygens (including phenoxy) is 1. The zero-order chi connectivity index (χ0) is 20.8. The van der Waals surface area contributed by atoms with Crippen LogP contribution in [0.1, 0.15) is 23.5 Å². The first-order valence-electron chi connectivity index (χ1n) is 10.5. The van der Waals surface area contributed by atoms with Crippen LogP contribution in [0.4, 0.5) is 5.69 Å². The molecular formula is C26H28N2O2. The van der Waals surface area contributed by atoms with E-state index in [0.717, 1.165) is 43.1 Å². The molecule has 4 heteroatoms. The van der Waals surface area contributed by atoms with Gasteiger partial charge in [0.1, 0.15) is 5.75 Å². The average molecular weight is 401 g/mol. The minimum absolute atomic E-state index is 0.0259. The minimum atomic E-state index is -0.0259. The topological polar surface area (TPSA) is 32.8 Å². The fraction of sp³-hybridized carbons (Fsp3) is 0.269. The molecule has 1 atom stereocenters. The summed E-state index contributed by atoms with van der Waals surface area (Å²) in [6.07, 6.45) is 0.440. The van der Waals surface area contributed by atoms with Crippen molar-refractivity contribution in [2.75, 3.05) is 38.2 Å². The Labute approximate surface area is 178 Å². The quantitative estimate of drug-likeness (QED) is 0.608. The van der Waals surface area contributed by atoms with Crippen molar-refractivity contribution < 1.29 is 9.53 Å². The molecule has 0 saturated carbocycles. The molecule has 0 unspecified atom stereocenters. The fourth-order valence-corrected chi connectivity index (χ4v) is 4.20. The molecule has 0 aliphatic carbocycles. The number of nitrogens with zero attached hydrogens (tertiary/aromatic N) is 2. The van der Waals surface area contributed by atoms with Crippen LogP contribution in [0, 0.1) is 0 Å². The SMILES string of the molecule is COc1ccccc1[C@H](CC(=O)N1CCN(c2ccccc2)CC1)c1ccccc1. The second kappa shape index (κ2) is 9.49. The van der Waals surface area contributed by atoms with Crippen LogP contribution in [0.25, 0.3) is 0 Å². The predicted molar refractivity (Wildman–Crippen MR) is 121 cm³/mol. The lowest BCUT2D eigenvalue weighted by molar-refractivity contribution is -0.131. The molecule has 0 radical (unpaired) electrons. The number of para-hydroxylation sites is 2. The van der Waals surface area contributed by atoms with Gasteiger partial charge in [-0.15, -0.1) is 0 Å². The maximum Gasteiger partial charge on any atom is 0.223 e. The van der Waals surface area contributed by atoms with Gasteiger partial charge in [0.2, 0.25) is 5.91 Å². The molecular weight excluding hydrogens is 372 g/mol. The Morgan fingerprint density at radius 2 is 1.43 bits per heavy atom. The van der Waals surface area contributed by atoms with Gasteiger partial charge in [0.15, 0.2) is 0 Å². The molecule has 0 aromatic heterocycles. The summed E-state index contributed by atoms with van der Waals surface area (Å²) in [7, 11) is 1.69. The smallest absolute Gasteiger partial charge is 0.223 e. The van der Waals surface area contributed by atoms with E-state index in [9.17, 15) is 4.79 Å². The first-order chi connectivity index (χ1) is 14.8. The number of piperazine rings is 1. The molecule has 3 aromatic rings. The second-order valence-electron chi connectivity index (χ2n) is 7.61. The molecule has 1 heterocycles. The highest BCUT2D eigenvalue weighted by atomic mass is 16.5. The number of amides is 1. The maximum absolute atomic E-state index is 13.3. The third-order valence-corrected chi connectivity index (χ3v) is 5.85. The Kier molecular flexibility index (Phi) is 6.33. The largest absolute Gasteiger partial charge is 0.496 e. The van der Waals surface area contributed by atoms with Crippen molar-refractivity contribution in [2.24, 2.45) is 0 Å². The molecule has 1 aliphatic rings. The lowest BCUT2D eigenvalue weighted by atomic mass is 9.87. The van der Waals surface area contributed by atoms with Crippen molar-refractivity contribution >= 4 is 11.6 Å². The van der Waals surface area contributed by atoms with E-state index in [2.05, 4.69) is 47.4 Å². The Morgan fingerprint density at radius 1 is 0.833 bits per heavy atom. The molecule has 4 nitrogen and oxygen atoms in total. The zero-order valence-electron chi connectivity index (χ0n) is 17.4. The first kappa shape index (κ1) is 20.0. The van der Waals surface area contributed by atoms with Gasteiger partial charge in [0.25, 0.3) is 0 Å². The monoisotopic (exact) mass is 400 g/mol. The Bertz CT molecular complexity index is 951. The van der Waals surface area contributed by atoms with Crippen LogP contribution in [-0.4, -0.2) is 44.1 Å². The van der Waals surface area contributed by atoms with Crippen molar-refractivity contribution in [2.45, 2.75) is 12.3 Å². The van der Waals surface area contributed by atoms with Crippen LogP contribution in [0.2, 0.25) is 0 Å². The van der Waals surface area contributed by atoms with Crippen molar-refractivity contribution in [1.82, 2.24) is 4.90 Å². The van der Waals surface area contributed by atoms with Crippen LogP contribution in [0.15, 0.2) is 84.9 Å². The van der Waals surface area contributed by atoms with Gasteiger partial charge in [-0.1, -0.05) is 66.7 Å². The second-order valence-corrected chi connectivity index (χ2v) is 7.61. The summed E-state index contributed by atoms with van der Waals surface area (Å²) in [6, 6.07) is 28.7. The van der Waals surface area contributed by atoms with E-state index in [1.807, 2.05) is 47.4 Å². The number of hydrogen-bond acceptors (Lipinski definition) is 3. The van der Waals surface area contributed by atoms with Crippen LogP contribution in [0.3, 0.4) is 0 Å². The van der Waals surface area contributed by atoms with Crippen molar-refractivity contribution in [1.29, 1.82) is 0 Å². The van der Waals surface area contributed by atoms with Gasteiger partial charge >= 0.3 is 0 Å². The summed E-state index contributed by atoms with van der Waals surface area (Å²) < 4.78 is 5.61.